The van der Waals surface area contributed by atoms with Crippen LogP contribution in [0.2, 0.25) is 0 Å². The van der Waals surface area contributed by atoms with Crippen LogP contribution in [0.5, 0.6) is 0 Å². The standard InChI is InChI=1S/C22H19FN4O4S2/c1-2-19(29)27(16-11-20(30)26(21(16)31)14-7-5-6-13(23)10-14)25-18(28)12-32-22-24-15-8-3-4-9-17(15)33-22/h3-10,16H,2,11-12H2,1H3,(H,25,28). The Labute approximate surface area is 196 Å². The van der Waals surface area contributed by atoms with Crippen molar-refractivity contribution >= 4 is 62.6 Å². The van der Waals surface area contributed by atoms with Gasteiger partial charge in [-0.05, 0) is 30.3 Å². The number of thioether (sulfide) groups is 1. The monoisotopic (exact) mass is 486 g/mol. The summed E-state index contributed by atoms with van der Waals surface area (Å²) in [5.41, 5.74) is 3.39. The van der Waals surface area contributed by atoms with Crippen LogP contribution in [-0.2, 0) is 19.2 Å². The number of para-hydroxylation sites is 1. The van der Waals surface area contributed by atoms with Crippen LogP contribution in [0.4, 0.5) is 10.1 Å². The summed E-state index contributed by atoms with van der Waals surface area (Å²) in [5, 5.41) is 0.917. The van der Waals surface area contributed by atoms with Crippen molar-refractivity contribution in [1.82, 2.24) is 15.4 Å². The number of rotatable bonds is 6. The molecule has 1 N–H and O–H groups in total. The summed E-state index contributed by atoms with van der Waals surface area (Å²) in [6.07, 6.45) is -0.296. The van der Waals surface area contributed by atoms with E-state index in [2.05, 4.69) is 10.4 Å². The number of benzene rings is 2. The number of aromatic nitrogens is 1. The molecular formula is C22H19FN4O4S2. The number of anilines is 1. The van der Waals surface area contributed by atoms with E-state index in [1.807, 2.05) is 24.3 Å². The zero-order valence-electron chi connectivity index (χ0n) is 17.5. The Hall–Kier alpha value is -3.31. The van der Waals surface area contributed by atoms with Crippen LogP contribution in [0.15, 0.2) is 52.9 Å². The van der Waals surface area contributed by atoms with Crippen molar-refractivity contribution in [2.45, 2.75) is 30.1 Å². The van der Waals surface area contributed by atoms with Gasteiger partial charge in [0.1, 0.15) is 11.9 Å². The smallest absolute Gasteiger partial charge is 0.259 e. The van der Waals surface area contributed by atoms with Crippen molar-refractivity contribution in [1.29, 1.82) is 0 Å². The van der Waals surface area contributed by atoms with Crippen LogP contribution in [0.25, 0.3) is 10.2 Å². The molecule has 2 aromatic carbocycles. The number of amides is 4. The fourth-order valence-electron chi connectivity index (χ4n) is 3.40. The van der Waals surface area contributed by atoms with Crippen molar-refractivity contribution in [3.8, 4) is 0 Å². The molecular weight excluding hydrogens is 467 g/mol. The molecule has 0 bridgehead atoms. The molecule has 0 aliphatic carbocycles. The SMILES string of the molecule is CCC(=O)N(NC(=O)CSc1nc2ccccc2s1)C1CC(=O)N(c2cccc(F)c2)C1=O. The molecule has 4 amide bonds. The molecule has 0 saturated carbocycles. The number of carbonyl (C=O) groups is 4. The maximum Gasteiger partial charge on any atom is 0.259 e. The highest BCUT2D eigenvalue weighted by Gasteiger charge is 2.45. The van der Waals surface area contributed by atoms with Crippen LogP contribution in [0.1, 0.15) is 19.8 Å². The summed E-state index contributed by atoms with van der Waals surface area (Å²) in [5.74, 6) is -2.94. The normalized spacial score (nSPS) is 15.8. The van der Waals surface area contributed by atoms with Crippen LogP contribution in [0, 0.1) is 5.82 Å². The molecule has 3 aromatic rings. The molecule has 1 aliphatic heterocycles. The molecule has 33 heavy (non-hydrogen) atoms. The van der Waals surface area contributed by atoms with Gasteiger partial charge in [-0.2, -0.15) is 0 Å². The van der Waals surface area contributed by atoms with Gasteiger partial charge in [-0.1, -0.05) is 36.9 Å². The van der Waals surface area contributed by atoms with E-state index in [-0.39, 0.29) is 24.3 Å². The fraction of sp³-hybridized carbons (Fsp3) is 0.227. The second-order valence-corrected chi connectivity index (χ2v) is 9.41. The van der Waals surface area contributed by atoms with Gasteiger partial charge in [0, 0.05) is 6.42 Å². The van der Waals surface area contributed by atoms with Gasteiger partial charge >= 0.3 is 0 Å². The van der Waals surface area contributed by atoms with Crippen molar-refractivity contribution in [2.75, 3.05) is 10.7 Å². The lowest BCUT2D eigenvalue weighted by atomic mass is 10.2. The zero-order chi connectivity index (χ0) is 23.5. The number of hydrazine groups is 1. The number of nitrogens with one attached hydrogen (secondary N) is 1. The first kappa shape index (κ1) is 22.9. The summed E-state index contributed by atoms with van der Waals surface area (Å²) in [4.78, 5) is 55.9. The molecule has 2 heterocycles. The number of fused-ring (bicyclic) bond motifs is 1. The van der Waals surface area contributed by atoms with E-state index in [1.165, 1.54) is 41.3 Å². The summed E-state index contributed by atoms with van der Waals surface area (Å²) < 4.78 is 15.3. The van der Waals surface area contributed by atoms with E-state index in [9.17, 15) is 23.6 Å². The Kier molecular flexibility index (Phi) is 6.70. The second kappa shape index (κ2) is 9.67. The van der Waals surface area contributed by atoms with Crippen molar-refractivity contribution in [3.05, 3.63) is 54.3 Å². The minimum Gasteiger partial charge on any atom is -0.274 e. The van der Waals surface area contributed by atoms with Crippen LogP contribution in [-0.4, -0.2) is 45.4 Å². The van der Waals surface area contributed by atoms with Crippen LogP contribution >= 0.6 is 23.1 Å². The Balaban J connectivity index is 1.46. The lowest BCUT2D eigenvalue weighted by Crippen LogP contribution is -2.55. The topological polar surface area (TPSA) is 99.7 Å². The molecule has 0 radical (unpaired) electrons. The highest BCUT2D eigenvalue weighted by Crippen LogP contribution is 2.29. The molecule has 11 heteroatoms. The summed E-state index contributed by atoms with van der Waals surface area (Å²) >= 11 is 2.66. The molecule has 170 valence electrons. The first-order valence-electron chi connectivity index (χ1n) is 10.1. The molecule has 1 aromatic heterocycles. The second-order valence-electron chi connectivity index (χ2n) is 7.16. The van der Waals surface area contributed by atoms with Gasteiger partial charge in [-0.15, -0.1) is 11.3 Å². The molecule has 1 fully saturated rings. The van der Waals surface area contributed by atoms with Gasteiger partial charge < -0.3 is 0 Å². The van der Waals surface area contributed by atoms with Crippen molar-refractivity contribution in [2.24, 2.45) is 0 Å². The number of imide groups is 1. The third-order valence-corrected chi connectivity index (χ3v) is 7.10. The van der Waals surface area contributed by atoms with Crippen LogP contribution in [0.3, 0.4) is 0 Å². The molecule has 0 spiro atoms. The van der Waals surface area contributed by atoms with Gasteiger partial charge in [0.2, 0.25) is 17.7 Å². The maximum atomic E-state index is 13.6. The summed E-state index contributed by atoms with van der Waals surface area (Å²) in [7, 11) is 0. The predicted molar refractivity (Wildman–Crippen MR) is 123 cm³/mol. The minimum absolute atomic E-state index is 0.0171. The van der Waals surface area contributed by atoms with Gasteiger partial charge in [0.15, 0.2) is 4.34 Å². The average Bonchev–Trinajstić information content (AvgIpc) is 3.35. The van der Waals surface area contributed by atoms with E-state index in [1.54, 1.807) is 6.92 Å². The van der Waals surface area contributed by atoms with E-state index in [4.69, 9.17) is 0 Å². The van der Waals surface area contributed by atoms with Crippen molar-refractivity contribution in [3.63, 3.8) is 0 Å². The molecule has 1 atom stereocenters. The Morgan fingerprint density at radius 3 is 2.76 bits per heavy atom. The molecule has 8 nitrogen and oxygen atoms in total. The third kappa shape index (κ3) is 4.88. The number of hydrogen-bond donors (Lipinski definition) is 1. The quantitative estimate of drug-likeness (QED) is 0.327. The molecule has 1 aliphatic rings. The van der Waals surface area contributed by atoms with Gasteiger partial charge in [0.05, 0.1) is 28.1 Å². The fourth-order valence-corrected chi connectivity index (χ4v) is 5.26. The predicted octanol–water partition coefficient (Wildman–Crippen LogP) is 3.13. The van der Waals surface area contributed by atoms with Gasteiger partial charge in [-0.25, -0.2) is 19.3 Å². The number of carbonyl (C=O) groups excluding carboxylic acids is 4. The van der Waals surface area contributed by atoms with E-state index >= 15 is 0 Å². The first-order valence-corrected chi connectivity index (χ1v) is 11.9. The van der Waals surface area contributed by atoms with E-state index < -0.39 is 35.5 Å². The Morgan fingerprint density at radius 2 is 2.03 bits per heavy atom. The number of thiazole rings is 1. The highest BCUT2D eigenvalue weighted by molar-refractivity contribution is 8.01. The molecule has 1 saturated heterocycles. The van der Waals surface area contributed by atoms with Crippen molar-refractivity contribution < 1.29 is 23.6 Å². The highest BCUT2D eigenvalue weighted by atomic mass is 32.2. The lowest BCUT2D eigenvalue weighted by molar-refractivity contribution is -0.146. The number of nitrogens with zero attached hydrogens (tertiary/aromatic N) is 3. The van der Waals surface area contributed by atoms with Gasteiger partial charge in [-0.3, -0.25) is 24.6 Å². The first-order chi connectivity index (χ1) is 15.9. The van der Waals surface area contributed by atoms with Crippen LogP contribution < -0.4 is 10.3 Å². The summed E-state index contributed by atoms with van der Waals surface area (Å²) in [6, 6.07) is 11.5. The maximum absolute atomic E-state index is 13.6. The van der Waals surface area contributed by atoms with Gasteiger partial charge in [0.25, 0.3) is 5.91 Å². The lowest BCUT2D eigenvalue weighted by Gasteiger charge is -2.27. The number of halogens is 1. The number of hydrogen-bond acceptors (Lipinski definition) is 7. The third-order valence-electron chi connectivity index (χ3n) is 4.92. The van der Waals surface area contributed by atoms with E-state index in [0.29, 0.717) is 4.34 Å². The zero-order valence-corrected chi connectivity index (χ0v) is 19.1. The Morgan fingerprint density at radius 1 is 1.24 bits per heavy atom. The van der Waals surface area contributed by atoms with E-state index in [0.717, 1.165) is 26.2 Å². The summed E-state index contributed by atoms with van der Waals surface area (Å²) in [6.45, 7) is 1.59. The Bertz CT molecular complexity index is 1210. The molecule has 4 rings (SSSR count). The molecule has 1 unspecified atom stereocenters. The average molecular weight is 487 g/mol. The largest absolute Gasteiger partial charge is 0.274 e. The minimum atomic E-state index is -1.20.